The van der Waals surface area contributed by atoms with Crippen LogP contribution in [-0.2, 0) is 0 Å². The Morgan fingerprint density at radius 1 is 1.07 bits per heavy atom. The Balaban J connectivity index is 2.86. The molecule has 1 aromatic heterocycles. The van der Waals surface area contributed by atoms with Crippen molar-refractivity contribution in [3.05, 3.63) is 40.8 Å². The summed E-state index contributed by atoms with van der Waals surface area (Å²) < 4.78 is 5.30. The van der Waals surface area contributed by atoms with Gasteiger partial charge in [0, 0.05) is 11.5 Å². The lowest BCUT2D eigenvalue weighted by atomic mass is 10.2. The molecular weight excluding hydrogens is 204 g/mol. The lowest BCUT2D eigenvalue weighted by Crippen LogP contribution is -2.38. The molecule has 0 amide bonds. The molecule has 78 valence electrons. The van der Waals surface area contributed by atoms with Crippen molar-refractivity contribution in [2.24, 2.45) is 0 Å². The van der Waals surface area contributed by atoms with Gasteiger partial charge in [-0.15, -0.1) is 0 Å². The number of hydrogen-bond donors (Lipinski definition) is 0. The molecule has 0 unspecified atom stereocenters. The zero-order valence-electron chi connectivity index (χ0n) is 9.20. The van der Waals surface area contributed by atoms with E-state index < -0.39 is 8.07 Å². The Kier molecular flexibility index (Phi) is 2.27. The van der Waals surface area contributed by atoms with E-state index in [0.717, 1.165) is 11.0 Å². The molecule has 0 fully saturated rings. The van der Waals surface area contributed by atoms with Gasteiger partial charge in [0.2, 0.25) is 0 Å². The zero-order chi connectivity index (χ0) is 11.1. The zero-order valence-corrected chi connectivity index (χ0v) is 10.2. The van der Waals surface area contributed by atoms with Gasteiger partial charge >= 0.3 is 5.63 Å². The molecule has 3 heteroatoms. The van der Waals surface area contributed by atoms with E-state index in [2.05, 4.69) is 25.7 Å². The second-order valence-corrected chi connectivity index (χ2v) is 9.77. The minimum Gasteiger partial charge on any atom is -0.423 e. The smallest absolute Gasteiger partial charge is 0.336 e. The maximum Gasteiger partial charge on any atom is 0.336 e. The quantitative estimate of drug-likeness (QED) is 0.543. The number of fused-ring (bicyclic) bond motifs is 1. The Morgan fingerprint density at radius 3 is 2.47 bits per heavy atom. The summed E-state index contributed by atoms with van der Waals surface area (Å²) in [4.78, 5) is 11.2. The molecule has 2 aromatic rings. The minimum absolute atomic E-state index is 0.270. The number of para-hydroxylation sites is 1. The first-order valence-electron chi connectivity index (χ1n) is 5.02. The Bertz CT molecular complexity index is 549. The van der Waals surface area contributed by atoms with Crippen LogP contribution in [0.3, 0.4) is 0 Å². The van der Waals surface area contributed by atoms with Crippen LogP contribution in [0.2, 0.25) is 19.6 Å². The number of hydrogen-bond acceptors (Lipinski definition) is 2. The molecular formula is C12H14O2Si. The Labute approximate surface area is 89.6 Å². The van der Waals surface area contributed by atoms with Gasteiger partial charge in [-0.2, -0.15) is 0 Å². The van der Waals surface area contributed by atoms with E-state index in [1.54, 1.807) is 0 Å². The Hall–Kier alpha value is -1.35. The predicted octanol–water partition coefficient (Wildman–Crippen LogP) is 2.34. The number of benzene rings is 1. The van der Waals surface area contributed by atoms with Crippen molar-refractivity contribution in [1.29, 1.82) is 0 Å². The second kappa shape index (κ2) is 3.34. The van der Waals surface area contributed by atoms with Gasteiger partial charge in [0.1, 0.15) is 5.58 Å². The molecule has 1 heterocycles. The third kappa shape index (κ3) is 1.88. The summed E-state index contributed by atoms with van der Waals surface area (Å²) in [6.45, 7) is 6.73. The largest absolute Gasteiger partial charge is 0.423 e. The number of rotatable bonds is 1. The second-order valence-electron chi connectivity index (χ2n) is 4.73. The third-order valence-corrected chi connectivity index (χ3v) is 4.46. The lowest BCUT2D eigenvalue weighted by Gasteiger charge is -2.17. The van der Waals surface area contributed by atoms with Gasteiger partial charge in [-0.3, -0.25) is 0 Å². The van der Waals surface area contributed by atoms with Crippen molar-refractivity contribution in [2.45, 2.75) is 19.6 Å². The summed E-state index contributed by atoms with van der Waals surface area (Å²) in [5.41, 5.74) is 0.498. The molecule has 1 aromatic carbocycles. The van der Waals surface area contributed by atoms with Crippen LogP contribution < -0.4 is 10.8 Å². The molecule has 0 radical (unpaired) electrons. The highest BCUT2D eigenvalue weighted by atomic mass is 28.3. The SMILES string of the molecule is C[Si](C)(C)c1cccc2ccc(=O)oc12. The topological polar surface area (TPSA) is 30.2 Å². The summed E-state index contributed by atoms with van der Waals surface area (Å²) in [6.07, 6.45) is 0. The van der Waals surface area contributed by atoms with Crippen LogP contribution in [-0.4, -0.2) is 8.07 Å². The maximum absolute atomic E-state index is 11.2. The van der Waals surface area contributed by atoms with Crippen LogP contribution in [0.5, 0.6) is 0 Å². The van der Waals surface area contributed by atoms with E-state index in [0.29, 0.717) is 0 Å². The summed E-state index contributed by atoms with van der Waals surface area (Å²) >= 11 is 0. The van der Waals surface area contributed by atoms with Crippen LogP contribution >= 0.6 is 0 Å². The average Bonchev–Trinajstić information content (AvgIpc) is 2.15. The molecule has 0 aliphatic rings. The van der Waals surface area contributed by atoms with Crippen molar-refractivity contribution in [3.63, 3.8) is 0 Å². The van der Waals surface area contributed by atoms with Gasteiger partial charge in [0.25, 0.3) is 0 Å². The van der Waals surface area contributed by atoms with Crippen molar-refractivity contribution in [3.8, 4) is 0 Å². The van der Waals surface area contributed by atoms with Gasteiger partial charge in [-0.05, 0) is 11.3 Å². The minimum atomic E-state index is -1.45. The van der Waals surface area contributed by atoms with Gasteiger partial charge in [-0.1, -0.05) is 37.8 Å². The van der Waals surface area contributed by atoms with Crippen molar-refractivity contribution >= 4 is 24.2 Å². The molecule has 15 heavy (non-hydrogen) atoms. The van der Waals surface area contributed by atoms with Crippen molar-refractivity contribution in [2.75, 3.05) is 0 Å². The highest BCUT2D eigenvalue weighted by Gasteiger charge is 2.20. The normalized spacial score (nSPS) is 11.9. The molecule has 0 saturated carbocycles. The fraction of sp³-hybridized carbons (Fsp3) is 0.250. The molecule has 2 rings (SSSR count). The first kappa shape index (κ1) is 10.2. The lowest BCUT2D eigenvalue weighted by molar-refractivity contribution is 0.563. The van der Waals surface area contributed by atoms with Crippen LogP contribution in [0.15, 0.2) is 39.5 Å². The maximum atomic E-state index is 11.2. The van der Waals surface area contributed by atoms with Crippen LogP contribution in [0.25, 0.3) is 11.0 Å². The fourth-order valence-electron chi connectivity index (χ4n) is 1.68. The van der Waals surface area contributed by atoms with E-state index in [1.807, 2.05) is 18.2 Å². The first-order chi connectivity index (χ1) is 6.98. The van der Waals surface area contributed by atoms with Crippen molar-refractivity contribution in [1.82, 2.24) is 0 Å². The summed E-state index contributed by atoms with van der Waals surface area (Å²) in [5, 5.41) is 2.22. The highest BCUT2D eigenvalue weighted by Crippen LogP contribution is 2.13. The molecule has 0 aliphatic heterocycles. The third-order valence-electron chi connectivity index (χ3n) is 2.46. The van der Waals surface area contributed by atoms with E-state index in [9.17, 15) is 4.79 Å². The van der Waals surface area contributed by atoms with E-state index in [4.69, 9.17) is 4.42 Å². The van der Waals surface area contributed by atoms with E-state index >= 15 is 0 Å². The Morgan fingerprint density at radius 2 is 1.80 bits per heavy atom. The van der Waals surface area contributed by atoms with Crippen LogP contribution in [0.1, 0.15) is 0 Å². The van der Waals surface area contributed by atoms with Gasteiger partial charge in [-0.25, -0.2) is 4.79 Å². The molecule has 0 bridgehead atoms. The summed E-state index contributed by atoms with van der Waals surface area (Å²) in [5.74, 6) is 0. The predicted molar refractivity (Wildman–Crippen MR) is 65.5 cm³/mol. The van der Waals surface area contributed by atoms with E-state index in [1.165, 1.54) is 11.3 Å². The molecule has 0 aliphatic carbocycles. The summed E-state index contributed by atoms with van der Waals surface area (Å²) in [6, 6.07) is 9.36. The fourth-order valence-corrected chi connectivity index (χ4v) is 3.16. The average molecular weight is 218 g/mol. The van der Waals surface area contributed by atoms with E-state index in [-0.39, 0.29) is 5.63 Å². The molecule has 0 atom stereocenters. The van der Waals surface area contributed by atoms with Gasteiger partial charge < -0.3 is 4.42 Å². The first-order valence-corrected chi connectivity index (χ1v) is 8.52. The highest BCUT2D eigenvalue weighted by molar-refractivity contribution is 6.90. The van der Waals surface area contributed by atoms with Gasteiger partial charge in [0.15, 0.2) is 0 Å². The molecule has 2 nitrogen and oxygen atoms in total. The van der Waals surface area contributed by atoms with Gasteiger partial charge in [0.05, 0.1) is 8.07 Å². The summed E-state index contributed by atoms with van der Waals surface area (Å²) in [7, 11) is -1.45. The molecule has 0 saturated heterocycles. The molecule has 0 N–H and O–H groups in total. The van der Waals surface area contributed by atoms with Crippen LogP contribution in [0, 0.1) is 0 Å². The van der Waals surface area contributed by atoms with Crippen molar-refractivity contribution < 1.29 is 4.42 Å². The molecule has 0 spiro atoms. The van der Waals surface area contributed by atoms with Crippen LogP contribution in [0.4, 0.5) is 0 Å². The monoisotopic (exact) mass is 218 g/mol. The standard InChI is InChI=1S/C12H14O2Si/c1-15(2,3)10-6-4-5-9-7-8-11(13)14-12(9)10/h4-8H,1-3H3.